The molecule has 0 aliphatic carbocycles. The number of nitrogens with two attached hydrogens (primary N) is 1. The van der Waals surface area contributed by atoms with E-state index in [1.807, 2.05) is 0 Å². The fraction of sp³-hybridized carbons (Fsp3) is 0.231. The van der Waals surface area contributed by atoms with Crippen molar-refractivity contribution in [2.45, 2.75) is 13.5 Å². The number of rotatable bonds is 4. The van der Waals surface area contributed by atoms with E-state index >= 15 is 0 Å². The summed E-state index contributed by atoms with van der Waals surface area (Å²) in [6.45, 7) is 2.08. The Kier molecular flexibility index (Phi) is 3.70. The highest BCUT2D eigenvalue weighted by Gasteiger charge is 2.14. The van der Waals surface area contributed by atoms with E-state index in [4.69, 9.17) is 15.0 Å². The van der Waals surface area contributed by atoms with Crippen molar-refractivity contribution in [3.63, 3.8) is 0 Å². The maximum Gasteiger partial charge on any atom is 0.255 e. The largest absolute Gasteiger partial charge is 0.494 e. The molecule has 0 aliphatic heterocycles. The van der Waals surface area contributed by atoms with Gasteiger partial charge in [-0.3, -0.25) is 4.79 Å². The van der Waals surface area contributed by atoms with Crippen LogP contribution in [0.1, 0.15) is 21.8 Å². The third-order valence-corrected chi connectivity index (χ3v) is 2.60. The first-order chi connectivity index (χ1) is 9.11. The van der Waals surface area contributed by atoms with Crippen LogP contribution in [0.25, 0.3) is 0 Å². The number of hydrogen-bond acceptors (Lipinski definition) is 5. The number of para-hydroxylation sites is 1. The van der Waals surface area contributed by atoms with Crippen molar-refractivity contribution in [3.8, 4) is 5.75 Å². The zero-order valence-electron chi connectivity index (χ0n) is 10.8. The van der Waals surface area contributed by atoms with Gasteiger partial charge in [0.1, 0.15) is 11.5 Å². The number of hydrogen-bond donors (Lipinski definition) is 2. The van der Waals surface area contributed by atoms with Gasteiger partial charge < -0.3 is 20.3 Å². The van der Waals surface area contributed by atoms with E-state index in [2.05, 4.69) is 10.5 Å². The summed E-state index contributed by atoms with van der Waals surface area (Å²) in [6.07, 6.45) is 0. The molecule has 19 heavy (non-hydrogen) atoms. The van der Waals surface area contributed by atoms with Crippen molar-refractivity contribution in [1.29, 1.82) is 0 Å². The van der Waals surface area contributed by atoms with E-state index in [0.717, 1.165) is 0 Å². The summed E-state index contributed by atoms with van der Waals surface area (Å²) in [5, 5.41) is 6.53. The van der Waals surface area contributed by atoms with Crippen molar-refractivity contribution in [2.75, 3.05) is 12.8 Å². The summed E-state index contributed by atoms with van der Waals surface area (Å²) >= 11 is 0. The lowest BCUT2D eigenvalue weighted by Crippen LogP contribution is -2.23. The smallest absolute Gasteiger partial charge is 0.255 e. The molecule has 1 amide bonds. The zero-order valence-corrected chi connectivity index (χ0v) is 10.8. The van der Waals surface area contributed by atoms with Crippen molar-refractivity contribution in [1.82, 2.24) is 10.5 Å². The molecule has 0 saturated heterocycles. The standard InChI is InChI=1S/C13H15N3O3/c1-8-6-9(16-19-8)7-15-13(17)10-4-3-5-11(14)12(10)18-2/h3-6H,7,14H2,1-2H3,(H,15,17). The van der Waals surface area contributed by atoms with Crippen LogP contribution < -0.4 is 15.8 Å². The van der Waals surface area contributed by atoms with Crippen LogP contribution in [-0.2, 0) is 6.54 Å². The first-order valence-corrected chi connectivity index (χ1v) is 5.74. The number of nitrogen functional groups attached to an aromatic ring is 1. The van der Waals surface area contributed by atoms with E-state index in [-0.39, 0.29) is 12.5 Å². The number of amides is 1. The summed E-state index contributed by atoms with van der Waals surface area (Å²) in [4.78, 5) is 12.1. The second-order valence-electron chi connectivity index (χ2n) is 4.04. The molecule has 1 aromatic heterocycles. The molecule has 100 valence electrons. The van der Waals surface area contributed by atoms with Crippen LogP contribution >= 0.6 is 0 Å². The second-order valence-corrected chi connectivity index (χ2v) is 4.04. The SMILES string of the molecule is COc1c(N)cccc1C(=O)NCc1cc(C)on1. The van der Waals surface area contributed by atoms with Crippen molar-refractivity contribution in [2.24, 2.45) is 0 Å². The molecule has 0 fully saturated rings. The topological polar surface area (TPSA) is 90.4 Å². The molecular formula is C13H15N3O3. The first kappa shape index (κ1) is 12.9. The number of aryl methyl sites for hydroxylation is 1. The van der Waals surface area contributed by atoms with Gasteiger partial charge in [0.05, 0.1) is 24.9 Å². The van der Waals surface area contributed by atoms with Crippen LogP contribution in [0, 0.1) is 6.92 Å². The minimum absolute atomic E-state index is 0.273. The molecule has 0 spiro atoms. The van der Waals surface area contributed by atoms with Crippen LogP contribution in [-0.4, -0.2) is 18.2 Å². The predicted octanol–water partition coefficient (Wildman–Crippen LogP) is 1.50. The van der Waals surface area contributed by atoms with Gasteiger partial charge in [0.15, 0.2) is 5.75 Å². The van der Waals surface area contributed by atoms with Crippen LogP contribution in [0.15, 0.2) is 28.8 Å². The lowest BCUT2D eigenvalue weighted by atomic mass is 10.1. The van der Waals surface area contributed by atoms with Crippen LogP contribution in [0.5, 0.6) is 5.75 Å². The number of nitrogens with zero attached hydrogens (tertiary/aromatic N) is 1. The third-order valence-electron chi connectivity index (χ3n) is 2.60. The molecule has 0 unspecified atom stereocenters. The highest BCUT2D eigenvalue weighted by atomic mass is 16.5. The number of carbonyl (C=O) groups is 1. The minimum Gasteiger partial charge on any atom is -0.494 e. The number of benzene rings is 1. The molecular weight excluding hydrogens is 246 g/mol. The van der Waals surface area contributed by atoms with Gasteiger partial charge in [-0.2, -0.15) is 0 Å². The Morgan fingerprint density at radius 2 is 2.32 bits per heavy atom. The molecule has 6 nitrogen and oxygen atoms in total. The van der Waals surface area contributed by atoms with Gasteiger partial charge in [-0.1, -0.05) is 11.2 Å². The normalized spacial score (nSPS) is 10.2. The number of nitrogens with one attached hydrogen (secondary N) is 1. The highest BCUT2D eigenvalue weighted by molar-refractivity contribution is 5.98. The molecule has 3 N–H and O–H groups in total. The Bertz CT molecular complexity index is 593. The maximum atomic E-state index is 12.1. The van der Waals surface area contributed by atoms with E-state index in [1.54, 1.807) is 31.2 Å². The zero-order chi connectivity index (χ0) is 13.8. The highest BCUT2D eigenvalue weighted by Crippen LogP contribution is 2.25. The number of ether oxygens (including phenoxy) is 1. The first-order valence-electron chi connectivity index (χ1n) is 5.74. The van der Waals surface area contributed by atoms with Crippen LogP contribution in [0.2, 0.25) is 0 Å². The number of methoxy groups -OCH3 is 1. The van der Waals surface area contributed by atoms with E-state index < -0.39 is 0 Å². The molecule has 0 bridgehead atoms. The molecule has 6 heteroatoms. The van der Waals surface area contributed by atoms with Gasteiger partial charge in [0.25, 0.3) is 5.91 Å². The van der Waals surface area contributed by atoms with Crippen molar-refractivity contribution < 1.29 is 14.1 Å². The van der Waals surface area contributed by atoms with E-state index in [0.29, 0.717) is 28.5 Å². The molecule has 1 heterocycles. The summed E-state index contributed by atoms with van der Waals surface area (Å²) in [5.74, 6) is 0.798. The average molecular weight is 261 g/mol. The Balaban J connectivity index is 2.10. The fourth-order valence-electron chi connectivity index (χ4n) is 1.73. The van der Waals surface area contributed by atoms with Gasteiger partial charge in [-0.05, 0) is 19.1 Å². The quantitative estimate of drug-likeness (QED) is 0.814. The average Bonchev–Trinajstić information content (AvgIpc) is 2.81. The molecule has 1 aromatic carbocycles. The van der Waals surface area contributed by atoms with Crippen LogP contribution in [0.4, 0.5) is 5.69 Å². The second kappa shape index (κ2) is 5.43. The lowest BCUT2D eigenvalue weighted by molar-refractivity contribution is 0.0947. The van der Waals surface area contributed by atoms with Crippen molar-refractivity contribution in [3.05, 3.63) is 41.3 Å². The lowest BCUT2D eigenvalue weighted by Gasteiger charge is -2.10. The fourth-order valence-corrected chi connectivity index (χ4v) is 1.73. The molecule has 0 radical (unpaired) electrons. The Morgan fingerprint density at radius 1 is 1.53 bits per heavy atom. The molecule has 0 saturated carbocycles. The molecule has 2 rings (SSSR count). The summed E-state index contributed by atoms with van der Waals surface area (Å²) in [7, 11) is 1.48. The summed E-state index contributed by atoms with van der Waals surface area (Å²) in [6, 6.07) is 6.79. The van der Waals surface area contributed by atoms with Crippen molar-refractivity contribution >= 4 is 11.6 Å². The maximum absolute atomic E-state index is 12.1. The van der Waals surface area contributed by atoms with Gasteiger partial charge >= 0.3 is 0 Å². The van der Waals surface area contributed by atoms with Crippen LogP contribution in [0.3, 0.4) is 0 Å². The summed E-state index contributed by atoms with van der Waals surface area (Å²) in [5.41, 5.74) is 7.22. The summed E-state index contributed by atoms with van der Waals surface area (Å²) < 4.78 is 10.1. The minimum atomic E-state index is -0.273. The number of aromatic nitrogens is 1. The van der Waals surface area contributed by atoms with Gasteiger partial charge in [0.2, 0.25) is 0 Å². The van der Waals surface area contributed by atoms with Gasteiger partial charge in [-0.15, -0.1) is 0 Å². The Morgan fingerprint density at radius 3 is 2.95 bits per heavy atom. The Labute approximate surface area is 110 Å². The van der Waals surface area contributed by atoms with E-state index in [1.165, 1.54) is 7.11 Å². The molecule has 2 aromatic rings. The van der Waals surface area contributed by atoms with Gasteiger partial charge in [-0.25, -0.2) is 0 Å². The van der Waals surface area contributed by atoms with Gasteiger partial charge in [0, 0.05) is 6.07 Å². The predicted molar refractivity (Wildman–Crippen MR) is 69.8 cm³/mol. The third kappa shape index (κ3) is 2.85. The number of carbonyl (C=O) groups excluding carboxylic acids is 1. The van der Waals surface area contributed by atoms with E-state index in [9.17, 15) is 4.79 Å². The molecule has 0 aliphatic rings. The monoisotopic (exact) mass is 261 g/mol. The number of anilines is 1. The molecule has 0 atom stereocenters. The Hall–Kier alpha value is -2.50.